The Hall–Kier alpha value is -3.41. The first-order chi connectivity index (χ1) is 13.2. The van der Waals surface area contributed by atoms with E-state index in [1.54, 1.807) is 6.07 Å². The molecule has 0 bridgehead atoms. The van der Waals surface area contributed by atoms with Crippen molar-refractivity contribution in [1.82, 2.24) is 10.2 Å². The lowest BCUT2D eigenvalue weighted by atomic mass is 10.1. The van der Waals surface area contributed by atoms with Crippen molar-refractivity contribution < 1.29 is 14.3 Å². The Morgan fingerprint density at radius 2 is 1.74 bits per heavy atom. The first-order valence-electron chi connectivity index (χ1n) is 8.71. The molecule has 0 aliphatic carbocycles. The predicted octanol–water partition coefficient (Wildman–Crippen LogP) is 3.87. The van der Waals surface area contributed by atoms with Crippen molar-refractivity contribution in [1.29, 1.82) is 0 Å². The number of aromatic nitrogens is 2. The Bertz CT molecular complexity index is 893. The third-order valence-electron chi connectivity index (χ3n) is 3.85. The van der Waals surface area contributed by atoms with Gasteiger partial charge in [0.05, 0.1) is 12.3 Å². The number of nitrogens with one attached hydrogen (secondary N) is 1. The lowest BCUT2D eigenvalue weighted by Gasteiger charge is -2.10. The van der Waals surface area contributed by atoms with Crippen molar-refractivity contribution in [3.8, 4) is 22.9 Å². The smallest absolute Gasteiger partial charge is 0.262 e. The average molecular weight is 363 g/mol. The number of hydrogen-bond donors (Lipinski definition) is 1. The Labute approximate surface area is 158 Å². The number of anilines is 1. The molecule has 0 saturated heterocycles. The number of ether oxygens (including phenoxy) is 2. The van der Waals surface area contributed by atoms with Crippen molar-refractivity contribution in [2.24, 2.45) is 0 Å². The van der Waals surface area contributed by atoms with E-state index in [9.17, 15) is 4.79 Å². The largest absolute Gasteiger partial charge is 0.483 e. The summed E-state index contributed by atoms with van der Waals surface area (Å²) in [6.07, 6.45) is 0. The van der Waals surface area contributed by atoms with Crippen LogP contribution in [0.1, 0.15) is 12.5 Å². The summed E-state index contributed by atoms with van der Waals surface area (Å²) in [6, 6.07) is 18.6. The van der Waals surface area contributed by atoms with Crippen LogP contribution in [0.5, 0.6) is 11.6 Å². The fraction of sp³-hybridized carbons (Fsp3) is 0.190. The minimum absolute atomic E-state index is 0.0447. The number of aryl methyl sites for hydroxylation is 1. The molecule has 6 heteroatoms. The number of para-hydroxylation sites is 1. The molecule has 0 unspecified atom stereocenters. The van der Waals surface area contributed by atoms with Gasteiger partial charge in [-0.05, 0) is 43.7 Å². The lowest BCUT2D eigenvalue weighted by molar-refractivity contribution is -0.118. The number of carbonyl (C=O) groups excluding carboxylic acids is 1. The molecule has 138 valence electrons. The molecule has 0 radical (unpaired) electrons. The van der Waals surface area contributed by atoms with Gasteiger partial charge in [-0.3, -0.25) is 4.79 Å². The number of carbonyl (C=O) groups is 1. The topological polar surface area (TPSA) is 73.3 Å². The third kappa shape index (κ3) is 5.04. The molecular formula is C21H21N3O3. The van der Waals surface area contributed by atoms with Gasteiger partial charge in [0.15, 0.2) is 6.61 Å². The van der Waals surface area contributed by atoms with Crippen LogP contribution in [0.3, 0.4) is 0 Å². The number of hydrogen-bond acceptors (Lipinski definition) is 5. The Balaban J connectivity index is 1.57. The zero-order chi connectivity index (χ0) is 19.1. The van der Waals surface area contributed by atoms with Crippen LogP contribution in [-0.2, 0) is 4.79 Å². The summed E-state index contributed by atoms with van der Waals surface area (Å²) in [7, 11) is 0. The summed E-state index contributed by atoms with van der Waals surface area (Å²) in [5.74, 6) is 0.989. The minimum Gasteiger partial charge on any atom is -0.483 e. The maximum Gasteiger partial charge on any atom is 0.262 e. The molecule has 0 fully saturated rings. The van der Waals surface area contributed by atoms with Crippen molar-refractivity contribution in [3.63, 3.8) is 0 Å². The van der Waals surface area contributed by atoms with E-state index in [0.717, 1.165) is 16.8 Å². The molecule has 3 aromatic rings. The number of amides is 1. The van der Waals surface area contributed by atoms with Crippen molar-refractivity contribution in [2.45, 2.75) is 13.8 Å². The van der Waals surface area contributed by atoms with Gasteiger partial charge in [-0.15, -0.1) is 10.2 Å². The van der Waals surface area contributed by atoms with Gasteiger partial charge in [0, 0.05) is 17.3 Å². The van der Waals surface area contributed by atoms with Gasteiger partial charge in [0.25, 0.3) is 5.91 Å². The zero-order valence-corrected chi connectivity index (χ0v) is 15.3. The number of benzene rings is 2. The summed E-state index contributed by atoms with van der Waals surface area (Å²) in [5.41, 5.74) is 3.32. The standard InChI is InChI=1S/C21H21N3O3/c1-3-26-21-13-12-18(23-24-21)16-8-10-17(11-9-16)22-20(25)14-27-19-7-5-4-6-15(19)2/h4-13H,3,14H2,1-2H3,(H,22,25). The number of rotatable bonds is 7. The maximum absolute atomic E-state index is 12.1. The van der Waals surface area contributed by atoms with Gasteiger partial charge in [-0.2, -0.15) is 0 Å². The fourth-order valence-corrected chi connectivity index (χ4v) is 2.48. The zero-order valence-electron chi connectivity index (χ0n) is 15.3. The molecule has 6 nitrogen and oxygen atoms in total. The highest BCUT2D eigenvalue weighted by atomic mass is 16.5. The predicted molar refractivity (Wildman–Crippen MR) is 104 cm³/mol. The van der Waals surface area contributed by atoms with Crippen LogP contribution in [0.2, 0.25) is 0 Å². The van der Waals surface area contributed by atoms with Gasteiger partial charge < -0.3 is 14.8 Å². The van der Waals surface area contributed by atoms with Crippen LogP contribution in [0.4, 0.5) is 5.69 Å². The van der Waals surface area contributed by atoms with Gasteiger partial charge in [-0.25, -0.2) is 0 Å². The normalized spacial score (nSPS) is 10.3. The van der Waals surface area contributed by atoms with Crippen molar-refractivity contribution in [2.75, 3.05) is 18.5 Å². The molecule has 0 spiro atoms. The highest BCUT2D eigenvalue weighted by Crippen LogP contribution is 2.20. The van der Waals surface area contributed by atoms with Crippen LogP contribution in [-0.4, -0.2) is 29.3 Å². The van der Waals surface area contributed by atoms with E-state index in [1.807, 2.05) is 68.4 Å². The monoisotopic (exact) mass is 363 g/mol. The number of nitrogens with zero attached hydrogens (tertiary/aromatic N) is 2. The van der Waals surface area contributed by atoms with Crippen LogP contribution >= 0.6 is 0 Å². The van der Waals surface area contributed by atoms with Crippen molar-refractivity contribution in [3.05, 3.63) is 66.2 Å². The minimum atomic E-state index is -0.216. The van der Waals surface area contributed by atoms with E-state index >= 15 is 0 Å². The molecule has 0 aliphatic heterocycles. The second kappa shape index (κ2) is 8.80. The average Bonchev–Trinajstić information content (AvgIpc) is 2.69. The van der Waals surface area contributed by atoms with Crippen LogP contribution in [0, 0.1) is 6.92 Å². The summed E-state index contributed by atoms with van der Waals surface area (Å²) in [6.45, 7) is 4.34. The van der Waals surface area contributed by atoms with E-state index < -0.39 is 0 Å². The lowest BCUT2D eigenvalue weighted by Crippen LogP contribution is -2.20. The van der Waals surface area contributed by atoms with Gasteiger partial charge in [-0.1, -0.05) is 30.3 Å². The summed E-state index contributed by atoms with van der Waals surface area (Å²) >= 11 is 0. The summed E-state index contributed by atoms with van der Waals surface area (Å²) in [5, 5.41) is 11.0. The van der Waals surface area contributed by atoms with E-state index in [-0.39, 0.29) is 12.5 Å². The molecule has 1 aromatic heterocycles. The second-order valence-electron chi connectivity index (χ2n) is 5.87. The molecule has 1 heterocycles. The Kier molecular flexibility index (Phi) is 5.99. The Morgan fingerprint density at radius 1 is 0.963 bits per heavy atom. The SMILES string of the molecule is CCOc1ccc(-c2ccc(NC(=O)COc3ccccc3C)cc2)nn1. The van der Waals surface area contributed by atoms with Gasteiger partial charge in [0.2, 0.25) is 5.88 Å². The molecular weight excluding hydrogens is 342 g/mol. The highest BCUT2D eigenvalue weighted by molar-refractivity contribution is 5.92. The van der Waals surface area contributed by atoms with E-state index in [1.165, 1.54) is 0 Å². The Morgan fingerprint density at radius 3 is 2.41 bits per heavy atom. The quantitative estimate of drug-likeness (QED) is 0.690. The fourth-order valence-electron chi connectivity index (χ4n) is 2.48. The molecule has 27 heavy (non-hydrogen) atoms. The molecule has 3 rings (SSSR count). The third-order valence-corrected chi connectivity index (χ3v) is 3.85. The molecule has 1 amide bonds. The first kappa shape index (κ1) is 18.4. The van der Waals surface area contributed by atoms with Crippen molar-refractivity contribution >= 4 is 11.6 Å². The van der Waals surface area contributed by atoms with Crippen LogP contribution in [0.15, 0.2) is 60.7 Å². The van der Waals surface area contributed by atoms with Gasteiger partial charge >= 0.3 is 0 Å². The summed E-state index contributed by atoms with van der Waals surface area (Å²) in [4.78, 5) is 12.1. The molecule has 0 saturated carbocycles. The molecule has 1 N–H and O–H groups in total. The molecule has 0 aliphatic rings. The molecule has 2 aromatic carbocycles. The van der Waals surface area contributed by atoms with E-state index in [0.29, 0.717) is 23.9 Å². The van der Waals surface area contributed by atoms with Crippen LogP contribution < -0.4 is 14.8 Å². The maximum atomic E-state index is 12.1. The highest BCUT2D eigenvalue weighted by Gasteiger charge is 2.06. The van der Waals surface area contributed by atoms with Crippen LogP contribution in [0.25, 0.3) is 11.3 Å². The van der Waals surface area contributed by atoms with E-state index in [2.05, 4.69) is 15.5 Å². The second-order valence-corrected chi connectivity index (χ2v) is 5.87. The van der Waals surface area contributed by atoms with Gasteiger partial charge in [0.1, 0.15) is 5.75 Å². The summed E-state index contributed by atoms with van der Waals surface area (Å²) < 4.78 is 10.8. The van der Waals surface area contributed by atoms with E-state index in [4.69, 9.17) is 9.47 Å². The first-order valence-corrected chi connectivity index (χ1v) is 8.71. The molecule has 0 atom stereocenters.